The number of pyridine rings is 1. The fraction of sp³-hybridized carbons (Fsp3) is 0.269. The van der Waals surface area contributed by atoms with Crippen LogP contribution >= 0.6 is 22.7 Å². The Morgan fingerprint density at radius 2 is 2.08 bits per heavy atom. The summed E-state index contributed by atoms with van der Waals surface area (Å²) in [6.45, 7) is 3.49. The van der Waals surface area contributed by atoms with E-state index in [1.807, 2.05) is 19.2 Å². The molecule has 0 radical (unpaired) electrons. The van der Waals surface area contributed by atoms with E-state index in [4.69, 9.17) is 0 Å². The van der Waals surface area contributed by atoms with Gasteiger partial charge in [0.25, 0.3) is 5.91 Å². The van der Waals surface area contributed by atoms with Crippen molar-refractivity contribution in [3.8, 4) is 21.0 Å². The Kier molecular flexibility index (Phi) is 6.27. The molecule has 6 rings (SSSR count). The highest BCUT2D eigenvalue weighted by Gasteiger charge is 2.32. The van der Waals surface area contributed by atoms with Gasteiger partial charge in [-0.15, -0.1) is 27.8 Å². The Bertz CT molecular complexity index is 1600. The van der Waals surface area contributed by atoms with E-state index in [1.165, 1.54) is 12.1 Å². The normalized spacial score (nSPS) is 15.8. The van der Waals surface area contributed by atoms with Gasteiger partial charge in [-0.2, -0.15) is 0 Å². The van der Waals surface area contributed by atoms with Gasteiger partial charge in [-0.05, 0) is 50.6 Å². The molecule has 0 bridgehead atoms. The Balaban J connectivity index is 1.43. The number of nitrogens with zero attached hydrogens (tertiary/aromatic N) is 6. The predicted octanol–water partition coefficient (Wildman–Crippen LogP) is 5.06. The number of nitrogens with one attached hydrogen (secondary N) is 1. The van der Waals surface area contributed by atoms with Gasteiger partial charge in [-0.1, -0.05) is 11.3 Å². The van der Waals surface area contributed by atoms with Crippen LogP contribution in [-0.2, 0) is 7.05 Å². The summed E-state index contributed by atoms with van der Waals surface area (Å²) in [6, 6.07) is 8.47. The monoisotopic (exact) mass is 533 g/mol. The SMILES string of the molecule is Cc1ncc(-c2cc3c(N(C(=O)c4ccc(-c5cn(C)nn5)cc4F)[C@@H]4CCCNC4)nccc3s2)s1. The van der Waals surface area contributed by atoms with E-state index < -0.39 is 11.7 Å². The van der Waals surface area contributed by atoms with E-state index in [0.29, 0.717) is 23.6 Å². The first-order valence-electron chi connectivity index (χ1n) is 12.0. The fourth-order valence-corrected chi connectivity index (χ4v) is 6.58. The summed E-state index contributed by atoms with van der Waals surface area (Å²) in [5.41, 5.74) is 1.12. The third-order valence-electron chi connectivity index (χ3n) is 6.47. The largest absolute Gasteiger partial charge is 0.315 e. The molecule has 1 fully saturated rings. The number of piperidine rings is 1. The second-order valence-corrected chi connectivity index (χ2v) is 11.4. The minimum atomic E-state index is -0.597. The number of fused-ring (bicyclic) bond motifs is 1. The van der Waals surface area contributed by atoms with E-state index in [2.05, 4.69) is 31.7 Å². The maximum Gasteiger partial charge on any atom is 0.262 e. The lowest BCUT2D eigenvalue weighted by atomic mass is 10.0. The van der Waals surface area contributed by atoms with Crippen molar-refractivity contribution < 1.29 is 9.18 Å². The van der Waals surface area contributed by atoms with E-state index in [9.17, 15) is 4.79 Å². The number of aromatic nitrogens is 5. The number of thiazole rings is 1. The highest BCUT2D eigenvalue weighted by atomic mass is 32.1. The van der Waals surface area contributed by atoms with Crippen molar-refractivity contribution in [1.29, 1.82) is 0 Å². The standard InChI is InChI=1S/C26H24FN7OS2/c1-15-30-13-24(36-15)23-11-19-22(37-23)7-9-29-25(19)34(17-4-3-8-28-12-17)26(35)18-6-5-16(10-20(18)27)21-14-33(2)32-31-21/h5-7,9-11,13-14,17,28H,3-4,8,12H2,1-2H3/t17-/m1/s1. The van der Waals surface area contributed by atoms with Gasteiger partial charge in [0.15, 0.2) is 0 Å². The van der Waals surface area contributed by atoms with Crippen molar-refractivity contribution in [2.75, 3.05) is 18.0 Å². The minimum absolute atomic E-state index is 0.00514. The van der Waals surface area contributed by atoms with Crippen LogP contribution in [-0.4, -0.2) is 50.0 Å². The molecule has 1 amide bonds. The fourth-order valence-electron chi connectivity index (χ4n) is 4.68. The van der Waals surface area contributed by atoms with Gasteiger partial charge in [0, 0.05) is 46.5 Å². The van der Waals surface area contributed by atoms with Crippen LogP contribution < -0.4 is 10.2 Å². The second kappa shape index (κ2) is 9.73. The lowest BCUT2D eigenvalue weighted by Crippen LogP contribution is -2.49. The van der Waals surface area contributed by atoms with Crippen LogP contribution in [0.2, 0.25) is 0 Å². The van der Waals surface area contributed by atoms with Gasteiger partial charge >= 0.3 is 0 Å². The molecular formula is C26H24FN7OS2. The molecule has 37 heavy (non-hydrogen) atoms. The highest BCUT2D eigenvalue weighted by Crippen LogP contribution is 2.40. The number of anilines is 1. The molecule has 0 aliphatic carbocycles. The summed E-state index contributed by atoms with van der Waals surface area (Å²) in [5.74, 6) is -0.448. The van der Waals surface area contributed by atoms with Crippen LogP contribution in [0, 0.1) is 12.7 Å². The van der Waals surface area contributed by atoms with Gasteiger partial charge in [-0.25, -0.2) is 14.4 Å². The van der Waals surface area contributed by atoms with E-state index in [-0.39, 0.29) is 11.6 Å². The molecule has 8 nitrogen and oxygen atoms in total. The average Bonchev–Trinajstić information content (AvgIpc) is 3.64. The Morgan fingerprint density at radius 3 is 2.78 bits per heavy atom. The molecule has 1 aromatic carbocycles. The summed E-state index contributed by atoms with van der Waals surface area (Å²) < 4.78 is 18.0. The number of aryl methyl sites for hydroxylation is 2. The van der Waals surface area contributed by atoms with Gasteiger partial charge in [0.2, 0.25) is 0 Å². The molecule has 0 spiro atoms. The number of carbonyl (C=O) groups is 1. The number of halogens is 1. The molecule has 1 aliphatic heterocycles. The first kappa shape index (κ1) is 23.8. The number of hydrogen-bond donors (Lipinski definition) is 1. The number of thiophene rings is 1. The predicted molar refractivity (Wildman–Crippen MR) is 145 cm³/mol. The lowest BCUT2D eigenvalue weighted by molar-refractivity contribution is 0.0968. The van der Waals surface area contributed by atoms with Gasteiger partial charge in [-0.3, -0.25) is 14.4 Å². The number of amides is 1. The Morgan fingerprint density at radius 1 is 1.19 bits per heavy atom. The molecule has 1 N–H and O–H groups in total. The number of rotatable bonds is 5. The molecular weight excluding hydrogens is 509 g/mol. The van der Waals surface area contributed by atoms with E-state index >= 15 is 4.39 Å². The summed E-state index contributed by atoms with van der Waals surface area (Å²) >= 11 is 3.27. The summed E-state index contributed by atoms with van der Waals surface area (Å²) in [4.78, 5) is 26.9. The maximum absolute atomic E-state index is 15.4. The van der Waals surface area contributed by atoms with Crippen molar-refractivity contribution in [2.45, 2.75) is 25.8 Å². The lowest BCUT2D eigenvalue weighted by Gasteiger charge is -2.34. The maximum atomic E-state index is 15.4. The molecule has 0 unspecified atom stereocenters. The summed E-state index contributed by atoms with van der Waals surface area (Å²) in [7, 11) is 1.75. The minimum Gasteiger partial charge on any atom is -0.315 e. The molecule has 1 atom stereocenters. The molecule has 1 aliphatic rings. The summed E-state index contributed by atoms with van der Waals surface area (Å²) in [6.07, 6.45) is 7.04. The van der Waals surface area contributed by atoms with Crippen molar-refractivity contribution in [2.24, 2.45) is 7.05 Å². The van der Waals surface area contributed by atoms with Crippen LogP contribution in [0.1, 0.15) is 28.2 Å². The van der Waals surface area contributed by atoms with E-state index in [0.717, 1.165) is 44.2 Å². The van der Waals surface area contributed by atoms with Crippen molar-refractivity contribution >= 4 is 44.5 Å². The zero-order valence-corrected chi connectivity index (χ0v) is 21.9. The molecule has 5 heterocycles. The highest BCUT2D eigenvalue weighted by molar-refractivity contribution is 7.26. The number of hydrogen-bond acceptors (Lipinski definition) is 8. The third kappa shape index (κ3) is 4.54. The van der Waals surface area contributed by atoms with Crippen LogP contribution in [0.25, 0.3) is 31.1 Å². The molecule has 5 aromatic rings. The van der Waals surface area contributed by atoms with Crippen LogP contribution in [0.3, 0.4) is 0 Å². The first-order chi connectivity index (χ1) is 18.0. The number of carbonyl (C=O) groups excluding carboxylic acids is 1. The molecule has 1 saturated heterocycles. The molecule has 188 valence electrons. The Hall–Kier alpha value is -3.54. The van der Waals surface area contributed by atoms with Crippen LogP contribution in [0.15, 0.2) is 48.9 Å². The van der Waals surface area contributed by atoms with Crippen LogP contribution in [0.4, 0.5) is 10.2 Å². The molecule has 0 saturated carbocycles. The van der Waals surface area contributed by atoms with Crippen molar-refractivity contribution in [1.82, 2.24) is 30.3 Å². The second-order valence-electron chi connectivity index (χ2n) is 9.05. The van der Waals surface area contributed by atoms with Crippen LogP contribution in [0.5, 0.6) is 0 Å². The molecule has 11 heteroatoms. The molecule has 4 aromatic heterocycles. The Labute approximate surface area is 220 Å². The summed E-state index contributed by atoms with van der Waals surface area (Å²) in [5, 5.41) is 13.2. The number of benzene rings is 1. The average molecular weight is 534 g/mol. The van der Waals surface area contributed by atoms with E-state index in [1.54, 1.807) is 57.8 Å². The van der Waals surface area contributed by atoms with Gasteiger partial charge in [0.1, 0.15) is 17.3 Å². The smallest absolute Gasteiger partial charge is 0.262 e. The zero-order valence-electron chi connectivity index (χ0n) is 20.3. The van der Waals surface area contributed by atoms with Crippen molar-refractivity contribution in [3.05, 3.63) is 65.3 Å². The van der Waals surface area contributed by atoms with Gasteiger partial charge < -0.3 is 5.32 Å². The van der Waals surface area contributed by atoms with Gasteiger partial charge in [0.05, 0.1) is 27.7 Å². The quantitative estimate of drug-likeness (QED) is 0.340. The first-order valence-corrected chi connectivity index (χ1v) is 13.6. The topological polar surface area (TPSA) is 88.8 Å². The van der Waals surface area contributed by atoms with Crippen molar-refractivity contribution in [3.63, 3.8) is 0 Å². The zero-order chi connectivity index (χ0) is 25.5. The third-order valence-corrected chi connectivity index (χ3v) is 8.68.